The smallest absolute Gasteiger partial charge is 0.366 e. The molecule has 1 aromatic heterocycles. The van der Waals surface area contributed by atoms with Gasteiger partial charge in [-0.25, -0.2) is 0 Å². The van der Waals surface area contributed by atoms with E-state index in [1.165, 1.54) is 7.05 Å². The summed E-state index contributed by atoms with van der Waals surface area (Å²) in [6, 6.07) is 6.51. The van der Waals surface area contributed by atoms with Crippen LogP contribution >= 0.6 is 11.8 Å². The van der Waals surface area contributed by atoms with E-state index in [2.05, 4.69) is 10.2 Å². The minimum atomic E-state index is -4.52. The Kier molecular flexibility index (Phi) is 4.21. The van der Waals surface area contributed by atoms with Crippen LogP contribution in [0.4, 0.5) is 13.2 Å². The maximum Gasteiger partial charge on any atom is 0.451 e. The molecule has 2 N–H and O–H groups in total. The Labute approximate surface area is 122 Å². The first-order valence-electron chi connectivity index (χ1n) is 5.77. The number of primary amides is 1. The van der Waals surface area contributed by atoms with Crippen LogP contribution in [0.2, 0.25) is 0 Å². The number of aromatic nitrogens is 3. The summed E-state index contributed by atoms with van der Waals surface area (Å²) in [6.45, 7) is 0. The lowest BCUT2D eigenvalue weighted by atomic mass is 10.1. The molecular formula is C12H11F3N4OS. The van der Waals surface area contributed by atoms with Gasteiger partial charge in [-0.3, -0.25) is 4.79 Å². The topological polar surface area (TPSA) is 73.8 Å². The zero-order chi connectivity index (χ0) is 15.6. The molecule has 0 fully saturated rings. The minimum Gasteiger partial charge on any atom is -0.366 e. The SMILES string of the molecule is Cn1c(SCc2ccc(C(N)=O)cc2)nnc1C(F)(F)F. The van der Waals surface area contributed by atoms with E-state index in [0.29, 0.717) is 11.3 Å². The molecule has 1 heterocycles. The van der Waals surface area contributed by atoms with E-state index in [4.69, 9.17) is 5.73 Å². The number of nitrogens with two attached hydrogens (primary N) is 1. The van der Waals surface area contributed by atoms with Crippen LogP contribution in [-0.4, -0.2) is 20.7 Å². The Bertz CT molecular complexity index is 652. The number of benzene rings is 1. The van der Waals surface area contributed by atoms with Crippen LogP contribution < -0.4 is 5.73 Å². The molecule has 0 aliphatic rings. The fourth-order valence-electron chi connectivity index (χ4n) is 1.60. The molecule has 0 radical (unpaired) electrons. The minimum absolute atomic E-state index is 0.168. The number of carbonyl (C=O) groups is 1. The van der Waals surface area contributed by atoms with Crippen molar-refractivity contribution in [1.82, 2.24) is 14.8 Å². The molecule has 1 amide bonds. The van der Waals surface area contributed by atoms with Crippen LogP contribution in [0.3, 0.4) is 0 Å². The fourth-order valence-corrected chi connectivity index (χ4v) is 2.47. The molecule has 1 aromatic carbocycles. The predicted octanol–water partition coefficient (Wildman–Crippen LogP) is 2.23. The maximum absolute atomic E-state index is 12.6. The third kappa shape index (κ3) is 3.54. The largest absolute Gasteiger partial charge is 0.451 e. The molecule has 0 aliphatic carbocycles. The molecule has 2 aromatic rings. The summed E-state index contributed by atoms with van der Waals surface area (Å²) in [6.07, 6.45) is -4.52. The van der Waals surface area contributed by atoms with Crippen molar-refractivity contribution in [3.05, 3.63) is 41.2 Å². The van der Waals surface area contributed by atoms with E-state index < -0.39 is 17.9 Å². The second kappa shape index (κ2) is 5.76. The molecule has 0 aliphatic heterocycles. The third-order valence-corrected chi connectivity index (χ3v) is 3.79. The van der Waals surface area contributed by atoms with Gasteiger partial charge in [0, 0.05) is 18.4 Å². The Morgan fingerprint density at radius 1 is 1.29 bits per heavy atom. The second-order valence-electron chi connectivity index (χ2n) is 4.21. The van der Waals surface area contributed by atoms with Crippen LogP contribution in [0.5, 0.6) is 0 Å². The normalized spacial score (nSPS) is 11.6. The van der Waals surface area contributed by atoms with Gasteiger partial charge in [-0.2, -0.15) is 13.2 Å². The molecule has 9 heteroatoms. The lowest BCUT2D eigenvalue weighted by Gasteiger charge is -2.06. The van der Waals surface area contributed by atoms with E-state index in [-0.39, 0.29) is 5.16 Å². The molecule has 0 saturated heterocycles. The van der Waals surface area contributed by atoms with E-state index in [1.54, 1.807) is 24.3 Å². The average Bonchev–Trinajstić information content (AvgIpc) is 2.78. The summed E-state index contributed by atoms with van der Waals surface area (Å²) in [5.74, 6) is -1.16. The van der Waals surface area contributed by atoms with Gasteiger partial charge in [0.15, 0.2) is 5.16 Å². The molecule has 0 spiro atoms. The highest BCUT2D eigenvalue weighted by atomic mass is 32.2. The van der Waals surface area contributed by atoms with Crippen molar-refractivity contribution in [1.29, 1.82) is 0 Å². The molecule has 0 unspecified atom stereocenters. The van der Waals surface area contributed by atoms with Crippen LogP contribution in [0.1, 0.15) is 21.7 Å². The van der Waals surface area contributed by atoms with Gasteiger partial charge in [-0.05, 0) is 17.7 Å². The number of hydrogen-bond donors (Lipinski definition) is 1. The lowest BCUT2D eigenvalue weighted by molar-refractivity contribution is -0.147. The quantitative estimate of drug-likeness (QED) is 0.878. The number of thioether (sulfide) groups is 1. The van der Waals surface area contributed by atoms with Gasteiger partial charge in [0.25, 0.3) is 0 Å². The van der Waals surface area contributed by atoms with Crippen molar-refractivity contribution in [2.75, 3.05) is 0 Å². The molecule has 0 atom stereocenters. The van der Waals surface area contributed by atoms with E-state index in [9.17, 15) is 18.0 Å². The first kappa shape index (κ1) is 15.4. The molecule has 112 valence electrons. The third-order valence-electron chi connectivity index (χ3n) is 2.69. The standard InChI is InChI=1S/C12H11F3N4OS/c1-19-10(12(13,14)15)17-18-11(19)21-6-7-2-4-8(5-3-7)9(16)20/h2-5H,6H2,1H3,(H2,16,20). The van der Waals surface area contributed by atoms with Crippen LogP contribution in [-0.2, 0) is 19.0 Å². The zero-order valence-corrected chi connectivity index (χ0v) is 11.7. The average molecular weight is 316 g/mol. The van der Waals surface area contributed by atoms with Crippen molar-refractivity contribution < 1.29 is 18.0 Å². The molecular weight excluding hydrogens is 305 g/mol. The van der Waals surface area contributed by atoms with E-state index in [1.807, 2.05) is 0 Å². The fraction of sp³-hybridized carbons (Fsp3) is 0.250. The Morgan fingerprint density at radius 3 is 2.38 bits per heavy atom. The first-order chi connectivity index (χ1) is 9.79. The number of rotatable bonds is 4. The van der Waals surface area contributed by atoms with Crippen molar-refractivity contribution in [2.24, 2.45) is 12.8 Å². The van der Waals surface area contributed by atoms with Gasteiger partial charge >= 0.3 is 6.18 Å². The number of hydrogen-bond acceptors (Lipinski definition) is 4. The highest BCUT2D eigenvalue weighted by molar-refractivity contribution is 7.98. The number of carbonyl (C=O) groups excluding carboxylic acids is 1. The summed E-state index contributed by atoms with van der Waals surface area (Å²) in [5.41, 5.74) is 6.33. The highest BCUT2D eigenvalue weighted by Crippen LogP contribution is 2.30. The number of halogens is 3. The summed E-state index contributed by atoms with van der Waals surface area (Å²) < 4.78 is 38.6. The summed E-state index contributed by atoms with van der Waals surface area (Å²) in [5, 5.41) is 6.84. The number of nitrogens with zero attached hydrogens (tertiary/aromatic N) is 3. The summed E-state index contributed by atoms with van der Waals surface area (Å²) in [7, 11) is 1.27. The van der Waals surface area contributed by atoms with Crippen LogP contribution in [0, 0.1) is 0 Å². The molecule has 0 saturated carbocycles. The van der Waals surface area contributed by atoms with Gasteiger partial charge in [-0.1, -0.05) is 23.9 Å². The molecule has 0 bridgehead atoms. The molecule has 2 rings (SSSR count). The Balaban J connectivity index is 2.07. The zero-order valence-electron chi connectivity index (χ0n) is 10.9. The van der Waals surface area contributed by atoms with Gasteiger partial charge < -0.3 is 10.3 Å². The summed E-state index contributed by atoms with van der Waals surface area (Å²) in [4.78, 5) is 10.9. The highest BCUT2D eigenvalue weighted by Gasteiger charge is 2.37. The van der Waals surface area contributed by atoms with Crippen LogP contribution in [0.25, 0.3) is 0 Å². The van der Waals surface area contributed by atoms with Gasteiger partial charge in [0.1, 0.15) is 0 Å². The van der Waals surface area contributed by atoms with E-state index >= 15 is 0 Å². The van der Waals surface area contributed by atoms with Gasteiger partial charge in [0.2, 0.25) is 11.7 Å². The number of alkyl halides is 3. The lowest BCUT2D eigenvalue weighted by Crippen LogP contribution is -2.12. The predicted molar refractivity (Wildman–Crippen MR) is 70.5 cm³/mol. The number of amides is 1. The van der Waals surface area contributed by atoms with Crippen LogP contribution in [0.15, 0.2) is 29.4 Å². The maximum atomic E-state index is 12.6. The summed E-state index contributed by atoms with van der Waals surface area (Å²) >= 11 is 1.12. The van der Waals surface area contributed by atoms with Crippen molar-refractivity contribution >= 4 is 17.7 Å². The van der Waals surface area contributed by atoms with Gasteiger partial charge in [0.05, 0.1) is 0 Å². The van der Waals surface area contributed by atoms with Crippen molar-refractivity contribution in [2.45, 2.75) is 17.1 Å². The monoisotopic (exact) mass is 316 g/mol. The van der Waals surface area contributed by atoms with Crippen molar-refractivity contribution in [3.63, 3.8) is 0 Å². The van der Waals surface area contributed by atoms with Crippen molar-refractivity contribution in [3.8, 4) is 0 Å². The van der Waals surface area contributed by atoms with E-state index in [0.717, 1.165) is 21.9 Å². The second-order valence-corrected chi connectivity index (χ2v) is 5.16. The Hall–Kier alpha value is -2.03. The molecule has 21 heavy (non-hydrogen) atoms. The van der Waals surface area contributed by atoms with Gasteiger partial charge in [-0.15, -0.1) is 10.2 Å². The Morgan fingerprint density at radius 2 is 1.90 bits per heavy atom. The molecule has 5 nitrogen and oxygen atoms in total. The first-order valence-corrected chi connectivity index (χ1v) is 6.75.